The van der Waals surface area contributed by atoms with Crippen molar-refractivity contribution in [3.8, 4) is 0 Å². The van der Waals surface area contributed by atoms with Crippen LogP contribution < -0.4 is 0 Å². The molecule has 4 nitrogen and oxygen atoms in total. The molecule has 4 heteroatoms. The number of hydrogen-bond donors (Lipinski definition) is 0. The van der Waals surface area contributed by atoms with Crippen LogP contribution in [-0.4, -0.2) is 23.6 Å². The molecule has 3 aliphatic carbocycles. The molecular formula is C25H42O4. The maximum absolute atomic E-state index is 12.8. The van der Waals surface area contributed by atoms with E-state index in [-0.39, 0.29) is 29.6 Å². The van der Waals surface area contributed by atoms with Crippen molar-refractivity contribution in [2.24, 2.45) is 23.2 Å². The molecule has 0 aliphatic heterocycles. The fourth-order valence-electron chi connectivity index (χ4n) is 5.50. The Bertz CT molecular complexity index is 559. The number of carbonyl (C=O) groups is 2. The topological polar surface area (TPSA) is 52.6 Å². The Labute approximate surface area is 177 Å². The minimum Gasteiger partial charge on any atom is -0.462 e. The molecule has 0 amide bonds. The van der Waals surface area contributed by atoms with Crippen molar-refractivity contribution in [1.82, 2.24) is 0 Å². The van der Waals surface area contributed by atoms with Gasteiger partial charge in [0.15, 0.2) is 0 Å². The Hall–Kier alpha value is -1.06. The molecule has 3 saturated carbocycles. The molecule has 0 saturated heterocycles. The zero-order valence-electron chi connectivity index (χ0n) is 19.1. The molecule has 29 heavy (non-hydrogen) atoms. The first-order chi connectivity index (χ1) is 13.8. The van der Waals surface area contributed by atoms with E-state index in [0.29, 0.717) is 5.92 Å². The van der Waals surface area contributed by atoms with Gasteiger partial charge in [-0.2, -0.15) is 0 Å². The monoisotopic (exact) mass is 406 g/mol. The first-order valence-corrected chi connectivity index (χ1v) is 12.2. The Balaban J connectivity index is 1.53. The zero-order valence-corrected chi connectivity index (χ0v) is 19.1. The molecule has 166 valence electrons. The van der Waals surface area contributed by atoms with Gasteiger partial charge in [0.05, 0.1) is 11.3 Å². The first-order valence-electron chi connectivity index (χ1n) is 12.2. The fourth-order valence-corrected chi connectivity index (χ4v) is 5.50. The molecule has 0 aromatic carbocycles. The summed E-state index contributed by atoms with van der Waals surface area (Å²) in [4.78, 5) is 25.4. The van der Waals surface area contributed by atoms with Gasteiger partial charge in [-0.05, 0) is 109 Å². The van der Waals surface area contributed by atoms with Gasteiger partial charge in [0.25, 0.3) is 0 Å². The van der Waals surface area contributed by atoms with Crippen LogP contribution in [0.15, 0.2) is 0 Å². The summed E-state index contributed by atoms with van der Waals surface area (Å²) >= 11 is 0. The zero-order chi connectivity index (χ0) is 21.1. The second-order valence-electron chi connectivity index (χ2n) is 10.8. The van der Waals surface area contributed by atoms with Gasteiger partial charge in [-0.3, -0.25) is 9.59 Å². The summed E-state index contributed by atoms with van der Waals surface area (Å²) in [5.74, 6) is 1.26. The van der Waals surface area contributed by atoms with Gasteiger partial charge >= 0.3 is 11.9 Å². The highest BCUT2D eigenvalue weighted by molar-refractivity contribution is 5.76. The van der Waals surface area contributed by atoms with Crippen molar-refractivity contribution >= 4 is 11.9 Å². The molecule has 3 aliphatic rings. The normalized spacial score (nSPS) is 32.6. The molecule has 3 fully saturated rings. The molecular weight excluding hydrogens is 364 g/mol. The van der Waals surface area contributed by atoms with E-state index in [4.69, 9.17) is 9.47 Å². The van der Waals surface area contributed by atoms with Gasteiger partial charge < -0.3 is 9.47 Å². The lowest BCUT2D eigenvalue weighted by molar-refractivity contribution is -0.180. The van der Waals surface area contributed by atoms with Crippen molar-refractivity contribution in [1.29, 1.82) is 0 Å². The summed E-state index contributed by atoms with van der Waals surface area (Å²) in [6.07, 6.45) is 13.2. The van der Waals surface area contributed by atoms with Crippen molar-refractivity contribution < 1.29 is 19.1 Å². The predicted molar refractivity (Wildman–Crippen MR) is 114 cm³/mol. The van der Waals surface area contributed by atoms with E-state index in [0.717, 1.165) is 89.4 Å². The van der Waals surface area contributed by atoms with Gasteiger partial charge in [-0.25, -0.2) is 0 Å². The van der Waals surface area contributed by atoms with Crippen LogP contribution in [0.5, 0.6) is 0 Å². The molecule has 0 spiro atoms. The highest BCUT2D eigenvalue weighted by Crippen LogP contribution is 2.47. The van der Waals surface area contributed by atoms with E-state index < -0.39 is 5.41 Å². The maximum Gasteiger partial charge on any atom is 0.312 e. The summed E-state index contributed by atoms with van der Waals surface area (Å²) < 4.78 is 12.2. The van der Waals surface area contributed by atoms with Crippen molar-refractivity contribution in [3.05, 3.63) is 0 Å². The van der Waals surface area contributed by atoms with E-state index in [1.54, 1.807) is 0 Å². The second-order valence-corrected chi connectivity index (χ2v) is 10.8. The van der Waals surface area contributed by atoms with E-state index >= 15 is 0 Å². The van der Waals surface area contributed by atoms with Crippen LogP contribution in [0.2, 0.25) is 0 Å². The lowest BCUT2D eigenvalue weighted by Gasteiger charge is -2.42. The van der Waals surface area contributed by atoms with E-state index in [1.807, 2.05) is 13.8 Å². The van der Waals surface area contributed by atoms with Crippen LogP contribution in [0.1, 0.15) is 111 Å². The lowest BCUT2D eigenvalue weighted by atomic mass is 9.74. The number of esters is 2. The number of hydrogen-bond acceptors (Lipinski definition) is 4. The lowest BCUT2D eigenvalue weighted by Crippen LogP contribution is -2.45. The molecule has 0 N–H and O–H groups in total. The maximum atomic E-state index is 12.8. The summed E-state index contributed by atoms with van der Waals surface area (Å²) in [6, 6.07) is 0. The van der Waals surface area contributed by atoms with Crippen molar-refractivity contribution in [2.75, 3.05) is 0 Å². The Morgan fingerprint density at radius 1 is 0.931 bits per heavy atom. The Kier molecular flexibility index (Phi) is 7.32. The van der Waals surface area contributed by atoms with Crippen molar-refractivity contribution in [3.63, 3.8) is 0 Å². The van der Waals surface area contributed by atoms with Gasteiger partial charge in [0, 0.05) is 0 Å². The van der Waals surface area contributed by atoms with E-state index in [2.05, 4.69) is 13.8 Å². The molecule has 0 unspecified atom stereocenters. The van der Waals surface area contributed by atoms with Gasteiger partial charge in [0.1, 0.15) is 11.7 Å². The van der Waals surface area contributed by atoms with E-state index in [9.17, 15) is 9.59 Å². The van der Waals surface area contributed by atoms with Gasteiger partial charge in [-0.1, -0.05) is 13.8 Å². The fraction of sp³-hybridized carbons (Fsp3) is 0.920. The number of rotatable bonds is 6. The second kappa shape index (κ2) is 9.39. The first kappa shape index (κ1) is 22.6. The molecule has 0 aromatic rings. The largest absolute Gasteiger partial charge is 0.462 e. The summed E-state index contributed by atoms with van der Waals surface area (Å²) in [7, 11) is 0. The van der Waals surface area contributed by atoms with Crippen molar-refractivity contribution in [2.45, 2.75) is 123 Å². The molecule has 0 heterocycles. The third kappa shape index (κ3) is 5.35. The number of ether oxygens (including phenoxy) is 2. The molecule has 0 atom stereocenters. The minimum atomic E-state index is -0.417. The molecule has 0 radical (unpaired) electrons. The SMILES string of the molecule is CCC(C)(C)C(=O)OC1(C2CCC(OC(=O)C3CCC(C)CC3)CC2)CCCC1. The van der Waals surface area contributed by atoms with E-state index in [1.165, 1.54) is 0 Å². The highest BCUT2D eigenvalue weighted by atomic mass is 16.6. The molecule has 0 aromatic heterocycles. The van der Waals surface area contributed by atoms with Crippen LogP contribution in [-0.2, 0) is 19.1 Å². The summed E-state index contributed by atoms with van der Waals surface area (Å²) in [6.45, 7) is 8.30. The Morgan fingerprint density at radius 3 is 2.07 bits per heavy atom. The van der Waals surface area contributed by atoms with Crippen LogP contribution in [0.4, 0.5) is 0 Å². The quantitative estimate of drug-likeness (QED) is 0.492. The standard InChI is InChI=1S/C25H42O4/c1-5-24(3,4)23(27)29-25(16-6-7-17-25)20-12-14-21(15-13-20)28-22(26)19-10-8-18(2)9-11-19/h18-21H,5-17H2,1-4H3. The third-order valence-corrected chi connectivity index (χ3v) is 8.23. The van der Waals surface area contributed by atoms with Gasteiger partial charge in [0.2, 0.25) is 0 Å². The van der Waals surface area contributed by atoms with Crippen LogP contribution >= 0.6 is 0 Å². The van der Waals surface area contributed by atoms with Crippen LogP contribution in [0.25, 0.3) is 0 Å². The molecule has 0 bridgehead atoms. The average Bonchev–Trinajstić information content (AvgIpc) is 3.18. The summed E-state index contributed by atoms with van der Waals surface area (Å²) in [5, 5.41) is 0. The molecule has 3 rings (SSSR count). The smallest absolute Gasteiger partial charge is 0.312 e. The van der Waals surface area contributed by atoms with Gasteiger partial charge in [-0.15, -0.1) is 0 Å². The third-order valence-electron chi connectivity index (χ3n) is 8.23. The summed E-state index contributed by atoms with van der Waals surface area (Å²) in [5.41, 5.74) is -0.697. The minimum absolute atomic E-state index is 0.0343. The average molecular weight is 407 g/mol. The highest BCUT2D eigenvalue weighted by Gasteiger charge is 2.48. The Morgan fingerprint density at radius 2 is 1.52 bits per heavy atom. The van der Waals surface area contributed by atoms with Crippen LogP contribution in [0.3, 0.4) is 0 Å². The predicted octanol–water partition coefficient (Wildman–Crippen LogP) is 6.21. The van der Waals surface area contributed by atoms with Crippen LogP contribution in [0, 0.1) is 23.2 Å². The number of carbonyl (C=O) groups excluding carboxylic acids is 2.